The maximum atomic E-state index is 5.25. The van der Waals surface area contributed by atoms with E-state index in [4.69, 9.17) is 5.73 Å². The molecule has 0 saturated carbocycles. The monoisotopic (exact) mass is 358 g/mol. The Morgan fingerprint density at radius 1 is 0.909 bits per heavy atom. The number of amidine groups is 1. The third-order valence-corrected chi connectivity index (χ3v) is 3.71. The minimum atomic E-state index is 0. The molecule has 3 heterocycles. The fraction of sp³-hybridized carbons (Fsp3) is 0.267. The first kappa shape index (κ1) is 20.7. The van der Waals surface area contributed by atoms with Gasteiger partial charge in [-0.05, 0) is 11.1 Å². The molecule has 0 atom stereocenters. The number of hydrogen-bond acceptors (Lipinski definition) is 3. The molecule has 0 saturated heterocycles. The Hall–Kier alpha value is -1.30. The topological polar surface area (TPSA) is 46.1 Å². The second kappa shape index (κ2) is 10.4. The van der Waals surface area contributed by atoms with E-state index in [1.54, 1.807) is 11.8 Å². The van der Waals surface area contributed by atoms with E-state index in [-0.39, 0.29) is 24.8 Å². The van der Waals surface area contributed by atoms with Gasteiger partial charge in [0, 0.05) is 30.0 Å². The summed E-state index contributed by atoms with van der Waals surface area (Å²) >= 11 is 1.62. The van der Waals surface area contributed by atoms with E-state index < -0.39 is 0 Å². The van der Waals surface area contributed by atoms with Gasteiger partial charge in [-0.25, -0.2) is 9.13 Å². The maximum Gasteiger partial charge on any atom is 0.169 e. The van der Waals surface area contributed by atoms with Crippen molar-refractivity contribution in [2.45, 2.75) is 0 Å². The highest BCUT2D eigenvalue weighted by Crippen LogP contribution is 2.15. The Morgan fingerprint density at radius 2 is 1.32 bits per heavy atom. The lowest BCUT2D eigenvalue weighted by Gasteiger charge is -1.97. The van der Waals surface area contributed by atoms with E-state index in [1.807, 2.05) is 23.2 Å². The summed E-state index contributed by atoms with van der Waals surface area (Å²) in [5.41, 5.74) is 7.75. The molecule has 1 aliphatic heterocycles. The van der Waals surface area contributed by atoms with Crippen LogP contribution >= 0.6 is 11.8 Å². The van der Waals surface area contributed by atoms with Crippen molar-refractivity contribution < 1.29 is 33.9 Å². The number of hydrogen-bond donors (Lipinski definition) is 1. The van der Waals surface area contributed by atoms with E-state index >= 15 is 0 Å². The quantitative estimate of drug-likeness (QED) is 0.519. The average molecular weight is 359 g/mol. The molecular formula is C15H20Cl2N4S. The molecule has 0 aromatic carbocycles. The molecule has 0 spiro atoms. The number of nitrogens with two attached hydrogens (primary N) is 1. The van der Waals surface area contributed by atoms with Crippen molar-refractivity contribution in [2.75, 3.05) is 12.3 Å². The van der Waals surface area contributed by atoms with Gasteiger partial charge in [-0.3, -0.25) is 4.99 Å². The van der Waals surface area contributed by atoms with Gasteiger partial charge in [0.05, 0.1) is 6.54 Å². The number of aromatic nitrogens is 2. The predicted molar refractivity (Wildman–Crippen MR) is 83.2 cm³/mol. The summed E-state index contributed by atoms with van der Waals surface area (Å²) < 4.78 is 4.07. The van der Waals surface area contributed by atoms with Gasteiger partial charge in [0.25, 0.3) is 0 Å². The van der Waals surface area contributed by atoms with Gasteiger partial charge < -0.3 is 30.5 Å². The van der Waals surface area contributed by atoms with Crippen LogP contribution in [0.25, 0.3) is 11.1 Å². The standard InChI is InChI=1S/C12H14N2.C3H6N2S.2ClH/c1-13-7-3-11(4-8-13)12-5-9-14(2)10-6-12;4-3-5-1-2-6-3;;/h3-10H,1-2H3;1-2H2,(H2,4,5);2*1H/q+2;;;/p-2. The van der Waals surface area contributed by atoms with Crippen LogP contribution < -0.4 is 39.7 Å². The van der Waals surface area contributed by atoms with Crippen molar-refractivity contribution in [1.29, 1.82) is 0 Å². The number of aliphatic imine (C=N–C) groups is 1. The molecule has 2 aromatic heterocycles. The van der Waals surface area contributed by atoms with Gasteiger partial charge in [0.2, 0.25) is 0 Å². The predicted octanol–water partition coefficient (Wildman–Crippen LogP) is -4.94. The Bertz CT molecular complexity index is 542. The van der Waals surface area contributed by atoms with Crippen molar-refractivity contribution >= 4 is 16.9 Å². The summed E-state index contributed by atoms with van der Waals surface area (Å²) in [5.74, 6) is 1.08. The molecule has 0 aliphatic carbocycles. The summed E-state index contributed by atoms with van der Waals surface area (Å²) in [5, 5.41) is 0.745. The second-order valence-corrected chi connectivity index (χ2v) is 5.69. The van der Waals surface area contributed by atoms with Gasteiger partial charge in [0.15, 0.2) is 30.0 Å². The van der Waals surface area contributed by atoms with E-state index in [2.05, 4.69) is 54.0 Å². The molecule has 7 heteroatoms. The van der Waals surface area contributed by atoms with Crippen LogP contribution in [0.3, 0.4) is 0 Å². The third-order valence-electron chi connectivity index (χ3n) is 2.90. The largest absolute Gasteiger partial charge is 1.00 e. The van der Waals surface area contributed by atoms with Crippen LogP contribution in [0.4, 0.5) is 0 Å². The van der Waals surface area contributed by atoms with Gasteiger partial charge in [-0.1, -0.05) is 11.8 Å². The fourth-order valence-corrected chi connectivity index (χ4v) is 2.31. The SMILES string of the molecule is C[n+]1ccc(-c2cc[n+](C)cc2)cc1.NC1=NCCS1.[Cl-].[Cl-]. The van der Waals surface area contributed by atoms with Crippen LogP contribution in [0.15, 0.2) is 54.0 Å². The second-order valence-electron chi connectivity index (χ2n) is 4.57. The summed E-state index contributed by atoms with van der Waals surface area (Å²) in [6, 6.07) is 8.48. The number of aryl methyl sites for hydroxylation is 2. The maximum absolute atomic E-state index is 5.25. The molecule has 0 fully saturated rings. The Kier molecular flexibility index (Phi) is 9.81. The zero-order valence-electron chi connectivity index (χ0n) is 12.6. The van der Waals surface area contributed by atoms with Gasteiger partial charge in [-0.15, -0.1) is 0 Å². The first-order valence-corrected chi connectivity index (χ1v) is 7.47. The van der Waals surface area contributed by atoms with Crippen molar-refractivity contribution in [3.8, 4) is 11.1 Å². The van der Waals surface area contributed by atoms with Crippen LogP contribution in [0.2, 0.25) is 0 Å². The van der Waals surface area contributed by atoms with Gasteiger partial charge >= 0.3 is 0 Å². The summed E-state index contributed by atoms with van der Waals surface area (Å²) in [7, 11) is 4.05. The minimum absolute atomic E-state index is 0. The molecule has 4 nitrogen and oxygen atoms in total. The molecule has 22 heavy (non-hydrogen) atoms. The average Bonchev–Trinajstić information content (AvgIpc) is 2.93. The van der Waals surface area contributed by atoms with Crippen molar-refractivity contribution in [3.05, 3.63) is 49.1 Å². The Morgan fingerprint density at radius 3 is 1.55 bits per heavy atom. The summed E-state index contributed by atoms with van der Waals surface area (Å²) in [4.78, 5) is 3.89. The number of thioether (sulfide) groups is 1. The molecule has 0 radical (unpaired) electrons. The number of halogens is 2. The first-order valence-electron chi connectivity index (χ1n) is 6.49. The van der Waals surface area contributed by atoms with E-state index in [1.165, 1.54) is 11.1 Å². The molecule has 2 aromatic rings. The summed E-state index contributed by atoms with van der Waals surface area (Å²) in [6.45, 7) is 0.913. The Labute approximate surface area is 148 Å². The highest BCUT2D eigenvalue weighted by Gasteiger charge is 2.01. The summed E-state index contributed by atoms with van der Waals surface area (Å²) in [6.07, 6.45) is 8.23. The number of pyridine rings is 2. The number of nitrogens with zero attached hydrogens (tertiary/aromatic N) is 3. The smallest absolute Gasteiger partial charge is 0.169 e. The van der Waals surface area contributed by atoms with Crippen LogP contribution in [-0.2, 0) is 14.1 Å². The number of rotatable bonds is 1. The van der Waals surface area contributed by atoms with E-state index in [0.717, 1.165) is 17.5 Å². The molecular weight excluding hydrogens is 339 g/mol. The van der Waals surface area contributed by atoms with Crippen molar-refractivity contribution in [2.24, 2.45) is 24.8 Å². The minimum Gasteiger partial charge on any atom is -1.00 e. The lowest BCUT2D eigenvalue weighted by Crippen LogP contribution is -3.00. The molecule has 3 rings (SSSR count). The zero-order valence-corrected chi connectivity index (χ0v) is 14.9. The lowest BCUT2D eigenvalue weighted by molar-refractivity contribution is -0.671. The van der Waals surface area contributed by atoms with Crippen molar-refractivity contribution in [1.82, 2.24) is 0 Å². The third kappa shape index (κ3) is 6.64. The van der Waals surface area contributed by atoms with Crippen LogP contribution in [-0.4, -0.2) is 17.5 Å². The first-order chi connectivity index (χ1) is 9.65. The van der Waals surface area contributed by atoms with E-state index in [0.29, 0.717) is 0 Å². The zero-order chi connectivity index (χ0) is 14.4. The molecule has 2 N–H and O–H groups in total. The van der Waals surface area contributed by atoms with Gasteiger partial charge in [-0.2, -0.15) is 0 Å². The molecule has 1 aliphatic rings. The lowest BCUT2D eigenvalue weighted by atomic mass is 10.1. The molecule has 0 amide bonds. The molecule has 0 bridgehead atoms. The highest BCUT2D eigenvalue weighted by molar-refractivity contribution is 8.14. The molecule has 0 unspecified atom stereocenters. The van der Waals surface area contributed by atoms with Crippen LogP contribution in [0.5, 0.6) is 0 Å². The highest BCUT2D eigenvalue weighted by atomic mass is 35.5. The fourth-order valence-electron chi connectivity index (χ4n) is 1.74. The Balaban J connectivity index is 0.000000472. The van der Waals surface area contributed by atoms with Gasteiger partial charge in [0.1, 0.15) is 14.1 Å². The van der Waals surface area contributed by atoms with E-state index in [9.17, 15) is 0 Å². The van der Waals surface area contributed by atoms with Crippen molar-refractivity contribution in [3.63, 3.8) is 0 Å². The normalized spacial score (nSPS) is 12.2. The van der Waals surface area contributed by atoms with Crippen LogP contribution in [0, 0.1) is 0 Å². The molecule has 120 valence electrons. The van der Waals surface area contributed by atoms with Crippen LogP contribution in [0.1, 0.15) is 0 Å².